The summed E-state index contributed by atoms with van der Waals surface area (Å²) in [6, 6.07) is 8.20. The van der Waals surface area contributed by atoms with Gasteiger partial charge in [0.25, 0.3) is 0 Å². The zero-order valence-corrected chi connectivity index (χ0v) is 11.6. The molecule has 0 saturated carbocycles. The van der Waals surface area contributed by atoms with Crippen LogP contribution in [0.15, 0.2) is 24.3 Å². The summed E-state index contributed by atoms with van der Waals surface area (Å²) in [7, 11) is 1.42. The zero-order valence-electron chi connectivity index (χ0n) is 11.6. The van der Waals surface area contributed by atoms with Gasteiger partial charge in [0.15, 0.2) is 0 Å². The fourth-order valence-corrected chi connectivity index (χ4v) is 1.92. The van der Waals surface area contributed by atoms with Gasteiger partial charge in [-0.2, -0.15) is 0 Å². The summed E-state index contributed by atoms with van der Waals surface area (Å²) in [5, 5.41) is 0. The largest absolute Gasteiger partial charge is 0.469 e. The Hall–Kier alpha value is -1.35. The topological polar surface area (TPSA) is 29.5 Å². The van der Waals surface area contributed by atoms with E-state index >= 15 is 0 Å². The van der Waals surface area contributed by atoms with Gasteiger partial charge in [0.1, 0.15) is 0 Å². The lowest BCUT2D eigenvalue weighted by atomic mass is 10.1. The number of hydrogen-bond acceptors (Lipinski definition) is 3. The highest BCUT2D eigenvalue weighted by Crippen LogP contribution is 2.09. The Morgan fingerprint density at radius 1 is 1.17 bits per heavy atom. The highest BCUT2D eigenvalue weighted by molar-refractivity contribution is 5.72. The summed E-state index contributed by atoms with van der Waals surface area (Å²) in [6.45, 7) is 7.55. The van der Waals surface area contributed by atoms with E-state index < -0.39 is 0 Å². The molecule has 0 aliphatic carbocycles. The highest BCUT2D eigenvalue weighted by Gasteiger charge is 2.05. The van der Waals surface area contributed by atoms with Crippen molar-refractivity contribution in [3.63, 3.8) is 0 Å². The van der Waals surface area contributed by atoms with Crippen LogP contribution in [0.5, 0.6) is 0 Å². The van der Waals surface area contributed by atoms with Crippen LogP contribution < -0.4 is 0 Å². The fourth-order valence-electron chi connectivity index (χ4n) is 1.92. The molecule has 3 heteroatoms. The molecule has 0 atom stereocenters. The Kier molecular flexibility index (Phi) is 6.44. The van der Waals surface area contributed by atoms with Crippen LogP contribution in [-0.4, -0.2) is 31.1 Å². The molecule has 1 aromatic rings. The Bertz CT molecular complexity index is 359. The van der Waals surface area contributed by atoms with Crippen LogP contribution in [0.3, 0.4) is 0 Å². The van der Waals surface area contributed by atoms with E-state index in [1.165, 1.54) is 19.1 Å². The number of methoxy groups -OCH3 is 1. The van der Waals surface area contributed by atoms with Crippen molar-refractivity contribution in [2.75, 3.05) is 20.2 Å². The van der Waals surface area contributed by atoms with Gasteiger partial charge in [0.05, 0.1) is 13.5 Å². The monoisotopic (exact) mass is 249 g/mol. The standard InChI is InChI=1S/C15H23NO2/c1-4-10-16(5-2)12-14-8-6-13(7-9-14)11-15(17)18-3/h6-9H,4-5,10-12H2,1-3H3. The predicted octanol–water partition coefficient (Wildman–Crippen LogP) is 2.63. The lowest BCUT2D eigenvalue weighted by Gasteiger charge is -2.19. The number of rotatable bonds is 7. The average molecular weight is 249 g/mol. The van der Waals surface area contributed by atoms with E-state index in [9.17, 15) is 4.79 Å². The van der Waals surface area contributed by atoms with Crippen molar-refractivity contribution in [1.82, 2.24) is 4.90 Å². The van der Waals surface area contributed by atoms with Gasteiger partial charge in [0, 0.05) is 6.54 Å². The molecular weight excluding hydrogens is 226 g/mol. The van der Waals surface area contributed by atoms with Crippen molar-refractivity contribution < 1.29 is 9.53 Å². The minimum atomic E-state index is -0.191. The number of carbonyl (C=O) groups is 1. The van der Waals surface area contributed by atoms with E-state index in [4.69, 9.17) is 0 Å². The van der Waals surface area contributed by atoms with Crippen molar-refractivity contribution in [1.29, 1.82) is 0 Å². The maximum Gasteiger partial charge on any atom is 0.309 e. The quantitative estimate of drug-likeness (QED) is 0.696. The predicted molar refractivity (Wildman–Crippen MR) is 73.4 cm³/mol. The fraction of sp³-hybridized carbons (Fsp3) is 0.533. The molecule has 0 aromatic heterocycles. The molecule has 0 saturated heterocycles. The van der Waals surface area contributed by atoms with Crippen LogP contribution in [0, 0.1) is 0 Å². The summed E-state index contributed by atoms with van der Waals surface area (Å²) < 4.78 is 4.65. The third-order valence-corrected chi connectivity index (χ3v) is 2.99. The first-order chi connectivity index (χ1) is 8.69. The summed E-state index contributed by atoms with van der Waals surface area (Å²) in [4.78, 5) is 13.6. The van der Waals surface area contributed by atoms with Gasteiger partial charge >= 0.3 is 5.97 Å². The maximum absolute atomic E-state index is 11.1. The smallest absolute Gasteiger partial charge is 0.309 e. The van der Waals surface area contributed by atoms with Gasteiger partial charge in [0.2, 0.25) is 0 Å². The summed E-state index contributed by atoms with van der Waals surface area (Å²) in [5.74, 6) is -0.191. The van der Waals surface area contributed by atoms with E-state index in [0.29, 0.717) is 6.42 Å². The number of hydrogen-bond donors (Lipinski definition) is 0. The molecule has 3 nitrogen and oxygen atoms in total. The van der Waals surface area contributed by atoms with Crippen LogP contribution in [0.2, 0.25) is 0 Å². The van der Waals surface area contributed by atoms with Gasteiger partial charge in [-0.3, -0.25) is 9.69 Å². The number of nitrogens with zero attached hydrogens (tertiary/aromatic N) is 1. The Morgan fingerprint density at radius 3 is 2.28 bits per heavy atom. The van der Waals surface area contributed by atoms with Crippen molar-refractivity contribution >= 4 is 5.97 Å². The molecule has 0 aliphatic heterocycles. The molecule has 18 heavy (non-hydrogen) atoms. The molecule has 0 bridgehead atoms. The first-order valence-corrected chi connectivity index (χ1v) is 6.56. The van der Waals surface area contributed by atoms with E-state index in [0.717, 1.165) is 25.2 Å². The molecule has 0 spiro atoms. The van der Waals surface area contributed by atoms with Gasteiger partial charge < -0.3 is 4.74 Å². The summed E-state index contributed by atoms with van der Waals surface area (Å²) in [5.41, 5.74) is 2.29. The molecule has 100 valence electrons. The van der Waals surface area contributed by atoms with Gasteiger partial charge in [-0.25, -0.2) is 0 Å². The molecule has 0 unspecified atom stereocenters. The SMILES string of the molecule is CCCN(CC)Cc1ccc(CC(=O)OC)cc1. The van der Waals surface area contributed by atoms with E-state index in [1.807, 2.05) is 12.1 Å². The van der Waals surface area contributed by atoms with Crippen molar-refractivity contribution in [2.45, 2.75) is 33.2 Å². The van der Waals surface area contributed by atoms with E-state index in [1.54, 1.807) is 0 Å². The van der Waals surface area contributed by atoms with Crippen LogP contribution in [0.25, 0.3) is 0 Å². The van der Waals surface area contributed by atoms with E-state index in [-0.39, 0.29) is 5.97 Å². The van der Waals surface area contributed by atoms with Crippen LogP contribution in [0.1, 0.15) is 31.4 Å². The van der Waals surface area contributed by atoms with Crippen molar-refractivity contribution in [3.05, 3.63) is 35.4 Å². The Balaban J connectivity index is 2.56. The number of ether oxygens (including phenoxy) is 1. The first kappa shape index (κ1) is 14.7. The second-order valence-electron chi connectivity index (χ2n) is 4.44. The maximum atomic E-state index is 11.1. The lowest BCUT2D eigenvalue weighted by molar-refractivity contribution is -0.139. The molecule has 0 N–H and O–H groups in total. The molecule has 1 rings (SSSR count). The second kappa shape index (κ2) is 7.88. The zero-order chi connectivity index (χ0) is 13.4. The van der Waals surface area contributed by atoms with Crippen LogP contribution in [0.4, 0.5) is 0 Å². The minimum absolute atomic E-state index is 0.191. The Morgan fingerprint density at radius 2 is 1.78 bits per heavy atom. The van der Waals surface area contributed by atoms with Crippen molar-refractivity contribution in [3.8, 4) is 0 Å². The van der Waals surface area contributed by atoms with Gasteiger partial charge in [-0.1, -0.05) is 38.1 Å². The summed E-state index contributed by atoms with van der Waals surface area (Å²) >= 11 is 0. The van der Waals surface area contributed by atoms with Crippen LogP contribution in [-0.2, 0) is 22.5 Å². The normalized spacial score (nSPS) is 10.7. The third-order valence-electron chi connectivity index (χ3n) is 2.99. The molecular formula is C15H23NO2. The first-order valence-electron chi connectivity index (χ1n) is 6.56. The number of carbonyl (C=O) groups excluding carboxylic acids is 1. The lowest BCUT2D eigenvalue weighted by Crippen LogP contribution is -2.23. The van der Waals surface area contributed by atoms with Crippen molar-refractivity contribution in [2.24, 2.45) is 0 Å². The molecule has 1 aromatic carbocycles. The highest BCUT2D eigenvalue weighted by atomic mass is 16.5. The number of esters is 1. The van der Waals surface area contributed by atoms with E-state index in [2.05, 4.69) is 35.6 Å². The minimum Gasteiger partial charge on any atom is -0.469 e. The Labute approximate surface area is 110 Å². The third kappa shape index (κ3) is 4.88. The second-order valence-corrected chi connectivity index (χ2v) is 4.44. The molecule has 0 amide bonds. The summed E-state index contributed by atoms with van der Waals surface area (Å²) in [6.07, 6.45) is 1.53. The van der Waals surface area contributed by atoms with Gasteiger partial charge in [-0.15, -0.1) is 0 Å². The molecule has 0 heterocycles. The number of benzene rings is 1. The molecule has 0 aliphatic rings. The molecule has 0 radical (unpaired) electrons. The molecule has 0 fully saturated rings. The van der Waals surface area contributed by atoms with Gasteiger partial charge in [-0.05, 0) is 30.6 Å². The van der Waals surface area contributed by atoms with Crippen LogP contribution >= 0.6 is 0 Å². The average Bonchev–Trinajstić information content (AvgIpc) is 2.40.